The highest BCUT2D eigenvalue weighted by atomic mass is 35.5. The quantitative estimate of drug-likeness (QED) is 0.683. The molecule has 0 radical (unpaired) electrons. The van der Waals surface area contributed by atoms with Gasteiger partial charge in [-0.2, -0.15) is 0 Å². The van der Waals surface area contributed by atoms with Crippen molar-refractivity contribution in [2.45, 2.75) is 31.7 Å². The summed E-state index contributed by atoms with van der Waals surface area (Å²) in [5.41, 5.74) is 1.23. The first-order valence-corrected chi connectivity index (χ1v) is 11.5. The molecule has 2 atom stereocenters. The lowest BCUT2D eigenvalue weighted by molar-refractivity contribution is -0.148. The summed E-state index contributed by atoms with van der Waals surface area (Å²) in [7, 11) is 0. The monoisotopic (exact) mass is 441 g/mol. The van der Waals surface area contributed by atoms with Gasteiger partial charge in [-0.3, -0.25) is 4.79 Å². The molecule has 6 rings (SSSR count). The van der Waals surface area contributed by atoms with Gasteiger partial charge < -0.3 is 20.2 Å². The van der Waals surface area contributed by atoms with E-state index in [1.807, 2.05) is 12.1 Å². The van der Waals surface area contributed by atoms with Gasteiger partial charge in [0.2, 0.25) is 5.28 Å². The normalized spacial score (nSPS) is 27.9. The highest BCUT2D eigenvalue weighted by Gasteiger charge is 2.47. The molecule has 0 amide bonds. The molecule has 31 heavy (non-hydrogen) atoms. The second kappa shape index (κ2) is 8.54. The van der Waals surface area contributed by atoms with Crippen molar-refractivity contribution in [3.8, 4) is 0 Å². The Morgan fingerprint density at radius 2 is 1.61 bits per heavy atom. The van der Waals surface area contributed by atoms with Crippen molar-refractivity contribution in [2.24, 2.45) is 17.8 Å². The van der Waals surface area contributed by atoms with Crippen LogP contribution in [0.5, 0.6) is 0 Å². The number of hydrogen-bond donors (Lipinski definition) is 2. The summed E-state index contributed by atoms with van der Waals surface area (Å²) in [6, 6.07) is 12.2. The molecule has 2 unspecified atom stereocenters. The van der Waals surface area contributed by atoms with E-state index in [2.05, 4.69) is 49.4 Å². The highest BCUT2D eigenvalue weighted by molar-refractivity contribution is 6.28. The summed E-state index contributed by atoms with van der Waals surface area (Å²) in [6.07, 6.45) is 4.20. The first-order chi connectivity index (χ1) is 15.1. The van der Waals surface area contributed by atoms with Crippen molar-refractivity contribution < 1.29 is 9.90 Å². The van der Waals surface area contributed by atoms with E-state index in [0.29, 0.717) is 11.7 Å². The number of fused-ring (bicyclic) bond motifs is 3. The van der Waals surface area contributed by atoms with Crippen LogP contribution in [0.15, 0.2) is 36.4 Å². The predicted octanol–water partition coefficient (Wildman–Crippen LogP) is 3.76. The fourth-order valence-corrected chi connectivity index (χ4v) is 5.84. The van der Waals surface area contributed by atoms with Gasteiger partial charge in [0.15, 0.2) is 0 Å². The third-order valence-electron chi connectivity index (χ3n) is 7.23. The minimum Gasteiger partial charge on any atom is -0.481 e. The van der Waals surface area contributed by atoms with E-state index in [-0.39, 0.29) is 23.2 Å². The van der Waals surface area contributed by atoms with E-state index in [4.69, 9.17) is 11.6 Å². The summed E-state index contributed by atoms with van der Waals surface area (Å²) in [5, 5.41) is 13.5. The minimum absolute atomic E-state index is 0.0984. The van der Waals surface area contributed by atoms with Crippen LogP contribution < -0.4 is 15.1 Å². The van der Waals surface area contributed by atoms with E-state index in [1.165, 1.54) is 5.69 Å². The largest absolute Gasteiger partial charge is 0.481 e. The molecule has 4 aliphatic rings. The SMILES string of the molecule is O=C(O)C1C2CCC(CC2)C1Nc1cc(N2CCN(c3ccccc3)CC2)nc(Cl)n1. The van der Waals surface area contributed by atoms with Crippen molar-refractivity contribution in [1.29, 1.82) is 0 Å². The van der Waals surface area contributed by atoms with Crippen molar-refractivity contribution in [1.82, 2.24) is 9.97 Å². The molecule has 1 aromatic heterocycles. The molecule has 1 aliphatic heterocycles. The molecular weight excluding hydrogens is 414 g/mol. The number of carboxylic acids is 1. The van der Waals surface area contributed by atoms with Crippen LogP contribution in [-0.2, 0) is 4.79 Å². The number of benzene rings is 1. The second-order valence-electron chi connectivity index (χ2n) is 8.90. The number of piperazine rings is 1. The maximum absolute atomic E-state index is 12.0. The minimum atomic E-state index is -0.704. The Balaban J connectivity index is 1.30. The third kappa shape index (κ3) is 4.15. The summed E-state index contributed by atoms with van der Waals surface area (Å²) >= 11 is 6.27. The van der Waals surface area contributed by atoms with E-state index < -0.39 is 5.97 Å². The summed E-state index contributed by atoms with van der Waals surface area (Å²) < 4.78 is 0. The number of para-hydroxylation sites is 1. The molecule has 2 aromatic rings. The van der Waals surface area contributed by atoms with Gasteiger partial charge in [-0.1, -0.05) is 18.2 Å². The van der Waals surface area contributed by atoms with Gasteiger partial charge in [0.25, 0.3) is 0 Å². The molecule has 3 aliphatic carbocycles. The Kier molecular flexibility index (Phi) is 5.61. The van der Waals surface area contributed by atoms with E-state index >= 15 is 0 Å². The van der Waals surface area contributed by atoms with Crippen LogP contribution in [0.2, 0.25) is 5.28 Å². The van der Waals surface area contributed by atoms with Crippen molar-refractivity contribution in [2.75, 3.05) is 41.3 Å². The number of carboxylic acid groups (broad SMARTS) is 1. The van der Waals surface area contributed by atoms with Gasteiger partial charge in [-0.05, 0) is 61.3 Å². The molecule has 164 valence electrons. The fraction of sp³-hybridized carbons (Fsp3) is 0.522. The summed E-state index contributed by atoms with van der Waals surface area (Å²) in [5.74, 6) is 0.983. The lowest BCUT2D eigenvalue weighted by Gasteiger charge is -2.47. The molecule has 8 heteroatoms. The van der Waals surface area contributed by atoms with E-state index in [1.54, 1.807) is 0 Å². The summed E-state index contributed by atoms with van der Waals surface area (Å²) in [4.78, 5) is 25.4. The van der Waals surface area contributed by atoms with Crippen LogP contribution in [0, 0.1) is 17.8 Å². The second-order valence-corrected chi connectivity index (χ2v) is 9.24. The van der Waals surface area contributed by atoms with Gasteiger partial charge >= 0.3 is 5.97 Å². The van der Waals surface area contributed by atoms with Crippen LogP contribution in [0.1, 0.15) is 25.7 Å². The molecule has 0 spiro atoms. The van der Waals surface area contributed by atoms with Crippen molar-refractivity contribution >= 4 is 34.9 Å². The Morgan fingerprint density at radius 3 is 2.29 bits per heavy atom. The van der Waals surface area contributed by atoms with Gasteiger partial charge in [0.05, 0.1) is 5.92 Å². The number of carbonyl (C=O) groups is 1. The Morgan fingerprint density at radius 1 is 0.968 bits per heavy atom. The lowest BCUT2D eigenvalue weighted by Crippen LogP contribution is -2.51. The number of rotatable bonds is 5. The molecule has 2 N–H and O–H groups in total. The van der Waals surface area contributed by atoms with Crippen LogP contribution >= 0.6 is 11.6 Å². The molecule has 2 heterocycles. The molecule has 3 saturated carbocycles. The predicted molar refractivity (Wildman–Crippen MR) is 122 cm³/mol. The molecular formula is C23H28ClN5O2. The topological polar surface area (TPSA) is 81.6 Å². The Bertz CT molecular complexity index is 927. The first-order valence-electron chi connectivity index (χ1n) is 11.2. The molecule has 7 nitrogen and oxygen atoms in total. The number of anilines is 3. The standard InChI is InChI=1S/C23H28ClN5O2/c24-23-26-18(25-21-16-8-6-15(7-9-16)20(21)22(30)31)14-19(27-23)29-12-10-28(11-13-29)17-4-2-1-3-5-17/h1-5,14-16,20-21H,6-13H2,(H,30,31)(H,25,26,27). The zero-order valence-corrected chi connectivity index (χ0v) is 18.2. The Hall–Kier alpha value is -2.54. The van der Waals surface area contributed by atoms with Gasteiger partial charge in [-0.15, -0.1) is 0 Å². The Labute approximate surface area is 187 Å². The number of nitrogens with one attached hydrogen (secondary N) is 1. The average Bonchev–Trinajstić information content (AvgIpc) is 2.80. The maximum Gasteiger partial charge on any atom is 0.308 e. The van der Waals surface area contributed by atoms with Gasteiger partial charge in [-0.25, -0.2) is 9.97 Å². The zero-order chi connectivity index (χ0) is 21.4. The highest BCUT2D eigenvalue weighted by Crippen LogP contribution is 2.46. The van der Waals surface area contributed by atoms with Gasteiger partial charge in [0, 0.05) is 44.0 Å². The van der Waals surface area contributed by atoms with Gasteiger partial charge in [0.1, 0.15) is 11.6 Å². The number of aliphatic carboxylic acids is 1. The van der Waals surface area contributed by atoms with E-state index in [0.717, 1.165) is 57.7 Å². The van der Waals surface area contributed by atoms with Crippen LogP contribution in [0.25, 0.3) is 0 Å². The van der Waals surface area contributed by atoms with Crippen LogP contribution in [0.4, 0.5) is 17.3 Å². The van der Waals surface area contributed by atoms with Crippen LogP contribution in [0.3, 0.4) is 0 Å². The first kappa shape index (κ1) is 20.4. The fourth-order valence-electron chi connectivity index (χ4n) is 5.66. The molecule has 1 aromatic carbocycles. The smallest absolute Gasteiger partial charge is 0.308 e. The number of nitrogens with zero attached hydrogens (tertiary/aromatic N) is 4. The number of hydrogen-bond acceptors (Lipinski definition) is 6. The average molecular weight is 442 g/mol. The maximum atomic E-state index is 12.0. The zero-order valence-electron chi connectivity index (χ0n) is 17.5. The molecule has 2 bridgehead atoms. The number of aromatic nitrogens is 2. The lowest BCUT2D eigenvalue weighted by atomic mass is 9.61. The molecule has 1 saturated heterocycles. The number of halogens is 1. The van der Waals surface area contributed by atoms with E-state index in [9.17, 15) is 9.90 Å². The molecule has 4 fully saturated rings. The summed E-state index contributed by atoms with van der Waals surface area (Å²) in [6.45, 7) is 3.49. The van der Waals surface area contributed by atoms with Crippen LogP contribution in [-0.4, -0.2) is 53.3 Å². The third-order valence-corrected chi connectivity index (χ3v) is 7.40. The van der Waals surface area contributed by atoms with Crippen molar-refractivity contribution in [3.63, 3.8) is 0 Å². The van der Waals surface area contributed by atoms with Crippen molar-refractivity contribution in [3.05, 3.63) is 41.7 Å².